The van der Waals surface area contributed by atoms with Gasteiger partial charge in [-0.2, -0.15) is 0 Å². The number of hydrogen-bond acceptors (Lipinski definition) is 5. The molecule has 1 aliphatic carbocycles. The lowest BCUT2D eigenvalue weighted by atomic mass is 9.84. The molecule has 0 bridgehead atoms. The van der Waals surface area contributed by atoms with Gasteiger partial charge >= 0.3 is 0 Å². The van der Waals surface area contributed by atoms with Gasteiger partial charge in [0, 0.05) is 44.3 Å². The quantitative estimate of drug-likeness (QED) is 0.119. The molecule has 5 atom stereocenters. The number of rotatable bonds is 16. The lowest BCUT2D eigenvalue weighted by Gasteiger charge is -2.37. The maximum atomic E-state index is 10.1. The monoisotopic (exact) mass is 780 g/mol. The SMILES string of the molecule is CC(C)Cc1ccc(C(C)CN2C(=N)N([C@H](Cc3ccc4ccccc4c3)CN3CCCC3CN3C(N)=NC[C@@H]3Cc3ccccc3)C[C@@H]2CC2CCCCC2)cc1. The number of guanidine groups is 2. The Kier molecular flexibility index (Phi) is 13.0. The van der Waals surface area contributed by atoms with Crippen molar-refractivity contribution in [3.05, 3.63) is 119 Å². The van der Waals surface area contributed by atoms with Crippen molar-refractivity contribution in [2.75, 3.05) is 39.3 Å². The molecular weight excluding hydrogens is 711 g/mol. The molecule has 4 aliphatic rings. The largest absolute Gasteiger partial charge is 0.370 e. The van der Waals surface area contributed by atoms with Crippen LogP contribution in [0.4, 0.5) is 0 Å². The highest BCUT2D eigenvalue weighted by atomic mass is 15.5. The molecule has 4 aromatic carbocycles. The average molecular weight is 780 g/mol. The number of benzene rings is 4. The van der Waals surface area contributed by atoms with Crippen LogP contribution in [0, 0.1) is 17.2 Å². The van der Waals surface area contributed by atoms with E-state index >= 15 is 0 Å². The van der Waals surface area contributed by atoms with Gasteiger partial charge in [0.1, 0.15) is 0 Å². The minimum atomic E-state index is 0.198. The van der Waals surface area contributed by atoms with E-state index in [1.165, 1.54) is 84.4 Å². The minimum absolute atomic E-state index is 0.198. The van der Waals surface area contributed by atoms with Gasteiger partial charge in [-0.1, -0.05) is 150 Å². The van der Waals surface area contributed by atoms with Gasteiger partial charge in [0.25, 0.3) is 0 Å². The van der Waals surface area contributed by atoms with Crippen LogP contribution in [0.3, 0.4) is 0 Å². The molecule has 308 valence electrons. The van der Waals surface area contributed by atoms with Crippen molar-refractivity contribution in [2.45, 2.75) is 121 Å². The molecule has 58 heavy (non-hydrogen) atoms. The van der Waals surface area contributed by atoms with E-state index in [1.54, 1.807) is 0 Å². The maximum absolute atomic E-state index is 10.1. The minimum Gasteiger partial charge on any atom is -0.370 e. The van der Waals surface area contributed by atoms with Crippen molar-refractivity contribution in [1.29, 1.82) is 5.41 Å². The molecule has 0 aromatic heterocycles. The summed E-state index contributed by atoms with van der Waals surface area (Å²) in [6, 6.07) is 37.3. The first-order valence-electron chi connectivity index (χ1n) is 22.8. The summed E-state index contributed by atoms with van der Waals surface area (Å²) in [6.45, 7) is 12.5. The molecular formula is C51H69N7. The Hall–Kier alpha value is -4.36. The third-order valence-electron chi connectivity index (χ3n) is 14.0. The average Bonchev–Trinajstić information content (AvgIpc) is 3.91. The molecule has 4 aromatic rings. The van der Waals surface area contributed by atoms with Gasteiger partial charge in [0.05, 0.1) is 12.6 Å². The molecule has 3 aliphatic heterocycles. The van der Waals surface area contributed by atoms with Gasteiger partial charge < -0.3 is 20.4 Å². The van der Waals surface area contributed by atoms with Crippen LogP contribution in [0.1, 0.15) is 100 Å². The summed E-state index contributed by atoms with van der Waals surface area (Å²) >= 11 is 0. The fourth-order valence-electron chi connectivity index (χ4n) is 10.8. The van der Waals surface area contributed by atoms with Gasteiger partial charge in [0.2, 0.25) is 0 Å². The van der Waals surface area contributed by atoms with Crippen molar-refractivity contribution in [3.8, 4) is 0 Å². The summed E-state index contributed by atoms with van der Waals surface area (Å²) in [5.74, 6) is 3.21. The van der Waals surface area contributed by atoms with Gasteiger partial charge in [-0.15, -0.1) is 0 Å². The van der Waals surface area contributed by atoms with E-state index in [0.717, 1.165) is 70.4 Å². The van der Waals surface area contributed by atoms with E-state index < -0.39 is 0 Å². The fourth-order valence-corrected chi connectivity index (χ4v) is 10.8. The predicted molar refractivity (Wildman–Crippen MR) is 243 cm³/mol. The van der Waals surface area contributed by atoms with E-state index in [2.05, 4.69) is 137 Å². The van der Waals surface area contributed by atoms with Crippen LogP contribution in [0.5, 0.6) is 0 Å². The van der Waals surface area contributed by atoms with Gasteiger partial charge in [-0.25, -0.2) is 0 Å². The number of likely N-dealkylation sites (tertiary alicyclic amines) is 1. The highest BCUT2D eigenvalue weighted by Gasteiger charge is 2.42. The maximum Gasteiger partial charge on any atom is 0.194 e. The third kappa shape index (κ3) is 9.73. The second-order valence-electron chi connectivity index (χ2n) is 18.8. The number of nitrogens with zero attached hydrogens (tertiary/aromatic N) is 5. The summed E-state index contributed by atoms with van der Waals surface area (Å²) in [7, 11) is 0. The first-order chi connectivity index (χ1) is 28.3. The first-order valence-corrected chi connectivity index (χ1v) is 22.8. The predicted octanol–water partition coefficient (Wildman–Crippen LogP) is 9.35. The Morgan fingerprint density at radius 1 is 0.707 bits per heavy atom. The van der Waals surface area contributed by atoms with Crippen LogP contribution < -0.4 is 5.73 Å². The molecule has 7 heteroatoms. The van der Waals surface area contributed by atoms with E-state index in [-0.39, 0.29) is 6.04 Å². The number of nitrogens with two attached hydrogens (primary N) is 1. The summed E-state index contributed by atoms with van der Waals surface area (Å²) in [4.78, 5) is 15.0. The normalized spacial score (nSPS) is 23.0. The van der Waals surface area contributed by atoms with Crippen LogP contribution in [0.15, 0.2) is 102 Å². The van der Waals surface area contributed by atoms with E-state index in [4.69, 9.17) is 10.7 Å². The summed E-state index contributed by atoms with van der Waals surface area (Å²) < 4.78 is 0. The number of fused-ring (bicyclic) bond motifs is 1. The van der Waals surface area contributed by atoms with E-state index in [1.807, 2.05) is 0 Å². The molecule has 3 fully saturated rings. The molecule has 0 radical (unpaired) electrons. The van der Waals surface area contributed by atoms with Crippen LogP contribution in [0.25, 0.3) is 10.8 Å². The van der Waals surface area contributed by atoms with Crippen LogP contribution in [0.2, 0.25) is 0 Å². The third-order valence-corrected chi connectivity index (χ3v) is 14.0. The zero-order chi connectivity index (χ0) is 40.0. The Labute approximate surface area is 349 Å². The van der Waals surface area contributed by atoms with Gasteiger partial charge in [-0.3, -0.25) is 15.3 Å². The molecule has 8 rings (SSSR count). The Morgan fingerprint density at radius 2 is 1.45 bits per heavy atom. The van der Waals surface area contributed by atoms with Crippen molar-refractivity contribution in [3.63, 3.8) is 0 Å². The lowest BCUT2D eigenvalue weighted by molar-refractivity contribution is 0.155. The van der Waals surface area contributed by atoms with E-state index in [0.29, 0.717) is 35.9 Å². The number of hydrogen-bond donors (Lipinski definition) is 2. The van der Waals surface area contributed by atoms with Gasteiger partial charge in [-0.05, 0) is 95.8 Å². The second-order valence-corrected chi connectivity index (χ2v) is 18.8. The summed E-state index contributed by atoms with van der Waals surface area (Å²) in [5, 5.41) is 12.6. The Balaban J connectivity index is 1.05. The molecule has 1 saturated carbocycles. The van der Waals surface area contributed by atoms with E-state index in [9.17, 15) is 5.41 Å². The Bertz CT molecular complexity index is 1970. The first kappa shape index (κ1) is 40.4. The van der Waals surface area contributed by atoms with Crippen LogP contribution in [-0.2, 0) is 19.3 Å². The molecule has 7 nitrogen and oxygen atoms in total. The second kappa shape index (κ2) is 18.7. The standard InChI is InChI=1S/C51H69N7/c1-37(2)27-41-20-23-43(24-21-41)38(3)33-57-49(30-40-15-8-5-9-16-40)36-58(51(57)53)48(31-42-22-25-44-17-10-11-18-45(44)28-42)34-55-26-12-19-46(55)35-56-47(32-54-50(56)52)29-39-13-6-4-7-14-39/h4,6-7,10-11,13-14,17-18,20-25,28,37-38,40,46-49,53H,5,8-9,12,15-16,19,26-27,29-36H2,1-3H3,(H2,52,54)/t38?,46?,47-,48+,49-/m0/s1. The highest BCUT2D eigenvalue weighted by Crippen LogP contribution is 2.34. The zero-order valence-corrected chi connectivity index (χ0v) is 35.6. The van der Waals surface area contributed by atoms with Crippen molar-refractivity contribution in [2.24, 2.45) is 22.6 Å². The van der Waals surface area contributed by atoms with Crippen molar-refractivity contribution in [1.82, 2.24) is 19.6 Å². The number of aliphatic imine (C=N–C) groups is 1. The molecule has 2 unspecified atom stereocenters. The van der Waals surface area contributed by atoms with Crippen LogP contribution in [-0.4, -0.2) is 95.0 Å². The summed E-state index contributed by atoms with van der Waals surface area (Å²) in [5.41, 5.74) is 12.2. The molecule has 0 spiro atoms. The zero-order valence-electron chi connectivity index (χ0n) is 35.6. The summed E-state index contributed by atoms with van der Waals surface area (Å²) in [6.07, 6.45) is 13.4. The lowest BCUT2D eigenvalue weighted by Crippen LogP contribution is -2.52. The highest BCUT2D eigenvalue weighted by molar-refractivity contribution is 5.83. The van der Waals surface area contributed by atoms with Crippen molar-refractivity contribution >= 4 is 22.7 Å². The molecule has 2 saturated heterocycles. The van der Waals surface area contributed by atoms with Crippen LogP contribution >= 0.6 is 0 Å². The fraction of sp³-hybridized carbons (Fsp3) is 0.529. The number of nitrogens with one attached hydrogen (secondary N) is 1. The molecule has 3 N–H and O–H groups in total. The Morgan fingerprint density at radius 3 is 2.22 bits per heavy atom. The molecule has 3 heterocycles. The van der Waals surface area contributed by atoms with Gasteiger partial charge in [0.15, 0.2) is 11.9 Å². The van der Waals surface area contributed by atoms with Crippen molar-refractivity contribution < 1.29 is 0 Å². The molecule has 0 amide bonds. The topological polar surface area (TPSA) is 75.2 Å². The smallest absolute Gasteiger partial charge is 0.194 e.